The van der Waals surface area contributed by atoms with Crippen LogP contribution in [0, 0.1) is 6.92 Å². The van der Waals surface area contributed by atoms with Gasteiger partial charge in [0, 0.05) is 10.6 Å². The average molecular weight is 286 g/mol. The highest BCUT2D eigenvalue weighted by atomic mass is 32.1. The summed E-state index contributed by atoms with van der Waals surface area (Å²) in [6, 6.07) is 7.83. The number of benzene rings is 1. The van der Waals surface area contributed by atoms with Gasteiger partial charge in [0.05, 0.1) is 11.6 Å². The monoisotopic (exact) mass is 286 g/mol. The zero-order valence-corrected chi connectivity index (χ0v) is 12.3. The lowest BCUT2D eigenvalue weighted by atomic mass is 9.93. The first-order chi connectivity index (χ1) is 9.66. The number of para-hydroxylation sites is 1. The molecular weight excluding hydrogens is 268 g/mol. The predicted octanol–water partition coefficient (Wildman–Crippen LogP) is 3.45. The van der Waals surface area contributed by atoms with Gasteiger partial charge >= 0.3 is 0 Å². The Morgan fingerprint density at radius 2 is 2.25 bits per heavy atom. The number of fused-ring (bicyclic) bond motifs is 1. The minimum atomic E-state index is -0.0738. The highest BCUT2D eigenvalue weighted by molar-refractivity contribution is 7.10. The third-order valence-corrected chi connectivity index (χ3v) is 4.92. The van der Waals surface area contributed by atoms with Crippen molar-refractivity contribution in [1.82, 2.24) is 5.32 Å². The zero-order chi connectivity index (χ0) is 14.1. The van der Waals surface area contributed by atoms with E-state index in [1.54, 1.807) is 17.4 Å². The molecule has 0 saturated carbocycles. The van der Waals surface area contributed by atoms with Gasteiger partial charge in [-0.15, -0.1) is 11.3 Å². The number of aryl methyl sites for hydroxylation is 2. The molecule has 4 heteroatoms. The van der Waals surface area contributed by atoms with Gasteiger partial charge in [-0.1, -0.05) is 12.1 Å². The maximum atomic E-state index is 12.4. The Kier molecular flexibility index (Phi) is 3.49. The minimum Gasteiger partial charge on any atom is -0.398 e. The van der Waals surface area contributed by atoms with E-state index in [-0.39, 0.29) is 11.9 Å². The molecule has 1 aromatic heterocycles. The second-order valence-corrected chi connectivity index (χ2v) is 6.25. The van der Waals surface area contributed by atoms with Crippen LogP contribution in [0.4, 0.5) is 5.69 Å². The summed E-state index contributed by atoms with van der Waals surface area (Å²) >= 11 is 1.78. The maximum absolute atomic E-state index is 12.4. The van der Waals surface area contributed by atoms with Crippen molar-refractivity contribution in [2.24, 2.45) is 0 Å². The molecule has 2 aromatic rings. The van der Waals surface area contributed by atoms with Gasteiger partial charge in [0.15, 0.2) is 0 Å². The van der Waals surface area contributed by atoms with Crippen molar-refractivity contribution in [2.45, 2.75) is 32.2 Å². The Balaban J connectivity index is 1.83. The molecule has 3 rings (SSSR count). The van der Waals surface area contributed by atoms with E-state index < -0.39 is 0 Å². The smallest absolute Gasteiger partial charge is 0.253 e. The van der Waals surface area contributed by atoms with E-state index in [1.165, 1.54) is 10.4 Å². The van der Waals surface area contributed by atoms with Crippen molar-refractivity contribution < 1.29 is 4.79 Å². The summed E-state index contributed by atoms with van der Waals surface area (Å²) in [6.45, 7) is 1.92. The second-order valence-electron chi connectivity index (χ2n) is 5.25. The molecule has 1 aliphatic rings. The molecule has 0 fully saturated rings. The van der Waals surface area contributed by atoms with Crippen LogP contribution in [0.2, 0.25) is 0 Å². The molecule has 0 saturated heterocycles. The molecule has 0 bridgehead atoms. The van der Waals surface area contributed by atoms with Crippen LogP contribution in [0.15, 0.2) is 29.6 Å². The summed E-state index contributed by atoms with van der Waals surface area (Å²) in [5, 5.41) is 5.24. The van der Waals surface area contributed by atoms with Crippen LogP contribution in [-0.2, 0) is 6.42 Å². The van der Waals surface area contributed by atoms with Crippen LogP contribution in [0.25, 0.3) is 0 Å². The normalized spacial score (nSPS) is 17.6. The number of amides is 1. The number of anilines is 1. The van der Waals surface area contributed by atoms with Gasteiger partial charge in [0.25, 0.3) is 5.91 Å². The zero-order valence-electron chi connectivity index (χ0n) is 11.5. The first-order valence-corrected chi connectivity index (χ1v) is 7.77. The molecule has 0 spiro atoms. The summed E-state index contributed by atoms with van der Waals surface area (Å²) < 4.78 is 0. The summed E-state index contributed by atoms with van der Waals surface area (Å²) in [7, 11) is 0. The van der Waals surface area contributed by atoms with Crippen LogP contribution in [-0.4, -0.2) is 5.91 Å². The van der Waals surface area contributed by atoms with Gasteiger partial charge in [0.2, 0.25) is 0 Å². The maximum Gasteiger partial charge on any atom is 0.253 e. The molecular formula is C16H18N2OS. The van der Waals surface area contributed by atoms with Crippen molar-refractivity contribution in [3.63, 3.8) is 0 Å². The van der Waals surface area contributed by atoms with E-state index in [9.17, 15) is 4.79 Å². The van der Waals surface area contributed by atoms with Gasteiger partial charge in [-0.25, -0.2) is 0 Å². The Morgan fingerprint density at radius 1 is 1.40 bits per heavy atom. The highest BCUT2D eigenvalue weighted by Crippen LogP contribution is 2.33. The Hall–Kier alpha value is -1.81. The summed E-state index contributed by atoms with van der Waals surface area (Å²) in [5.41, 5.74) is 9.38. The molecule has 0 radical (unpaired) electrons. The van der Waals surface area contributed by atoms with Gasteiger partial charge in [-0.3, -0.25) is 4.79 Å². The summed E-state index contributed by atoms with van der Waals surface area (Å²) in [6.07, 6.45) is 3.26. The van der Waals surface area contributed by atoms with Crippen LogP contribution >= 0.6 is 11.3 Å². The van der Waals surface area contributed by atoms with Crippen LogP contribution < -0.4 is 11.1 Å². The quantitative estimate of drug-likeness (QED) is 0.831. The summed E-state index contributed by atoms with van der Waals surface area (Å²) in [5.74, 6) is -0.0738. The van der Waals surface area contributed by atoms with Gasteiger partial charge in [-0.2, -0.15) is 0 Å². The van der Waals surface area contributed by atoms with Crippen molar-refractivity contribution >= 4 is 22.9 Å². The molecule has 1 heterocycles. The third-order valence-electron chi connectivity index (χ3n) is 3.93. The fraction of sp³-hybridized carbons (Fsp3) is 0.312. The molecule has 1 atom stereocenters. The highest BCUT2D eigenvalue weighted by Gasteiger charge is 2.23. The fourth-order valence-corrected chi connectivity index (χ4v) is 3.74. The standard InChI is InChI=1S/C16H18N2OS/c1-10-4-2-5-12(15(10)17)16(19)18-13-6-3-7-14-11(13)8-9-20-14/h2,4-5,8-9,13H,3,6-7,17H2,1H3,(H,18,19). The first kappa shape index (κ1) is 13.2. The fourth-order valence-electron chi connectivity index (χ4n) is 2.75. The lowest BCUT2D eigenvalue weighted by Crippen LogP contribution is -2.31. The van der Waals surface area contributed by atoms with Crippen LogP contribution in [0.1, 0.15) is 45.2 Å². The second kappa shape index (κ2) is 5.29. The molecule has 3 nitrogen and oxygen atoms in total. The lowest BCUT2D eigenvalue weighted by Gasteiger charge is -2.24. The molecule has 3 N–H and O–H groups in total. The minimum absolute atomic E-state index is 0.0738. The Labute approximate surface area is 122 Å². The number of nitrogen functional groups attached to an aromatic ring is 1. The number of hydrogen-bond donors (Lipinski definition) is 2. The van der Waals surface area contributed by atoms with E-state index >= 15 is 0 Å². The SMILES string of the molecule is Cc1cccc(C(=O)NC2CCCc3sccc32)c1N. The lowest BCUT2D eigenvalue weighted by molar-refractivity contribution is 0.0934. The number of carbonyl (C=O) groups is 1. The Morgan fingerprint density at radius 3 is 3.10 bits per heavy atom. The van der Waals surface area contributed by atoms with E-state index in [0.29, 0.717) is 11.3 Å². The molecule has 1 aliphatic carbocycles. The largest absolute Gasteiger partial charge is 0.398 e. The van der Waals surface area contributed by atoms with Crippen LogP contribution in [0.3, 0.4) is 0 Å². The molecule has 1 unspecified atom stereocenters. The van der Waals surface area contributed by atoms with E-state index in [1.807, 2.05) is 19.1 Å². The number of hydrogen-bond acceptors (Lipinski definition) is 3. The van der Waals surface area contributed by atoms with Crippen molar-refractivity contribution in [3.05, 3.63) is 51.2 Å². The molecule has 20 heavy (non-hydrogen) atoms. The van der Waals surface area contributed by atoms with Crippen LogP contribution in [0.5, 0.6) is 0 Å². The third kappa shape index (κ3) is 2.31. The van der Waals surface area contributed by atoms with E-state index in [0.717, 1.165) is 24.8 Å². The van der Waals surface area contributed by atoms with Gasteiger partial charge < -0.3 is 11.1 Å². The van der Waals surface area contributed by atoms with Gasteiger partial charge in [0.1, 0.15) is 0 Å². The van der Waals surface area contributed by atoms with E-state index in [4.69, 9.17) is 5.73 Å². The van der Waals surface area contributed by atoms with Gasteiger partial charge in [-0.05, 0) is 54.8 Å². The number of nitrogens with one attached hydrogen (secondary N) is 1. The van der Waals surface area contributed by atoms with E-state index in [2.05, 4.69) is 16.8 Å². The molecule has 1 amide bonds. The topological polar surface area (TPSA) is 55.1 Å². The van der Waals surface area contributed by atoms with Crippen molar-refractivity contribution in [3.8, 4) is 0 Å². The molecule has 1 aromatic carbocycles. The number of thiophene rings is 1. The summed E-state index contributed by atoms with van der Waals surface area (Å²) in [4.78, 5) is 13.8. The predicted molar refractivity (Wildman–Crippen MR) is 83.1 cm³/mol. The van der Waals surface area contributed by atoms with Crippen molar-refractivity contribution in [1.29, 1.82) is 0 Å². The Bertz CT molecular complexity index is 648. The van der Waals surface area contributed by atoms with Crippen molar-refractivity contribution in [2.75, 3.05) is 5.73 Å². The number of carbonyl (C=O) groups excluding carboxylic acids is 1. The average Bonchev–Trinajstić information content (AvgIpc) is 2.91. The number of nitrogens with two attached hydrogens (primary N) is 1. The first-order valence-electron chi connectivity index (χ1n) is 6.89. The molecule has 104 valence electrons. The number of rotatable bonds is 2. The molecule has 0 aliphatic heterocycles.